The molecule has 2 rings (SSSR count). The third-order valence-corrected chi connectivity index (χ3v) is 6.05. The Morgan fingerprint density at radius 2 is 0.977 bits per heavy atom. The maximum absolute atomic E-state index is 13.4. The summed E-state index contributed by atoms with van der Waals surface area (Å²) in [6.45, 7) is -1.15. The van der Waals surface area contributed by atoms with Gasteiger partial charge in [-0.25, -0.2) is 9.59 Å². The fraction of sp³-hybridized carbons (Fsp3) is 0.385. The molecule has 44 heavy (non-hydrogen) atoms. The van der Waals surface area contributed by atoms with Crippen LogP contribution < -0.4 is 19.3 Å². The van der Waals surface area contributed by atoms with Crippen LogP contribution in [0.2, 0.25) is 0 Å². The number of hydrogen-bond acceptors (Lipinski definition) is 8. The molecule has 0 spiro atoms. The maximum atomic E-state index is 13.4. The first-order valence-electron chi connectivity index (χ1n) is 12.3. The summed E-state index contributed by atoms with van der Waals surface area (Å²) in [5.41, 5.74) is -3.22. The van der Waals surface area contributed by atoms with Crippen molar-refractivity contribution >= 4 is 35.3 Å². The van der Waals surface area contributed by atoms with E-state index in [0.717, 1.165) is 35.8 Å². The number of hydrogen-bond donors (Lipinski definition) is 4. The van der Waals surface area contributed by atoms with Gasteiger partial charge < -0.3 is 39.7 Å². The molecule has 242 valence electrons. The third-order valence-electron chi connectivity index (χ3n) is 6.05. The molecule has 0 heterocycles. The Balaban J connectivity index is 2.48. The lowest BCUT2D eigenvalue weighted by Crippen LogP contribution is -2.42. The van der Waals surface area contributed by atoms with Crippen LogP contribution in [0.25, 0.3) is 0 Å². The SMILES string of the molecule is CC(C(=O)O)N(CC(=O)O)c1ccc(C(F)(F)F)cc1OCCOc1cc(C(F)(F)F)ccc1N(CC(=O)O)C(C)C(=O)O. The van der Waals surface area contributed by atoms with Gasteiger partial charge in [0.15, 0.2) is 0 Å². The number of carbonyl (C=O) groups is 4. The molecule has 2 unspecified atom stereocenters. The Hall–Kier alpha value is -4.90. The van der Waals surface area contributed by atoms with Crippen LogP contribution in [0.3, 0.4) is 0 Å². The molecular formula is C26H26F6N2O10. The lowest BCUT2D eigenvalue weighted by molar-refractivity contribution is -0.140. The van der Waals surface area contributed by atoms with Gasteiger partial charge >= 0.3 is 36.2 Å². The van der Waals surface area contributed by atoms with Crippen molar-refractivity contribution < 1.29 is 75.4 Å². The van der Waals surface area contributed by atoms with Gasteiger partial charge in [0, 0.05) is 0 Å². The lowest BCUT2D eigenvalue weighted by atomic mass is 10.1. The topological polar surface area (TPSA) is 174 Å². The normalized spacial score (nSPS) is 13.0. The number of benzene rings is 2. The van der Waals surface area contributed by atoms with E-state index in [4.69, 9.17) is 9.47 Å². The van der Waals surface area contributed by atoms with E-state index in [0.29, 0.717) is 24.3 Å². The van der Waals surface area contributed by atoms with E-state index in [1.165, 1.54) is 0 Å². The minimum atomic E-state index is -4.90. The molecule has 0 fully saturated rings. The summed E-state index contributed by atoms with van der Waals surface area (Å²) >= 11 is 0. The summed E-state index contributed by atoms with van der Waals surface area (Å²) in [7, 11) is 0. The van der Waals surface area contributed by atoms with Crippen molar-refractivity contribution in [2.24, 2.45) is 0 Å². The van der Waals surface area contributed by atoms with Gasteiger partial charge in [0.05, 0.1) is 22.5 Å². The Labute approximate surface area is 244 Å². The highest BCUT2D eigenvalue weighted by Crippen LogP contribution is 2.39. The van der Waals surface area contributed by atoms with Crippen LogP contribution in [0.15, 0.2) is 36.4 Å². The molecule has 2 aromatic carbocycles. The number of aliphatic carboxylic acids is 4. The fourth-order valence-electron chi connectivity index (χ4n) is 3.81. The zero-order valence-electron chi connectivity index (χ0n) is 22.8. The van der Waals surface area contributed by atoms with Crippen molar-refractivity contribution in [3.63, 3.8) is 0 Å². The molecular weight excluding hydrogens is 614 g/mol. The summed E-state index contributed by atoms with van der Waals surface area (Å²) in [6.07, 6.45) is -9.80. The van der Waals surface area contributed by atoms with Crippen LogP contribution in [0.4, 0.5) is 37.7 Å². The molecule has 2 atom stereocenters. The highest BCUT2D eigenvalue weighted by atomic mass is 19.4. The average Bonchev–Trinajstić information content (AvgIpc) is 2.90. The lowest BCUT2D eigenvalue weighted by Gasteiger charge is -2.30. The number of rotatable bonds is 15. The average molecular weight is 640 g/mol. The molecule has 4 N–H and O–H groups in total. The summed E-state index contributed by atoms with van der Waals surface area (Å²) in [6, 6.07) is 0.563. The van der Waals surface area contributed by atoms with Gasteiger partial charge in [-0.2, -0.15) is 26.3 Å². The molecule has 0 aromatic heterocycles. The molecule has 2 aromatic rings. The molecule has 12 nitrogen and oxygen atoms in total. The van der Waals surface area contributed by atoms with Crippen LogP contribution in [-0.2, 0) is 31.5 Å². The Bertz CT molecular complexity index is 1280. The zero-order valence-corrected chi connectivity index (χ0v) is 22.8. The highest BCUT2D eigenvalue weighted by Gasteiger charge is 2.35. The Morgan fingerprint density at radius 3 is 1.23 bits per heavy atom. The van der Waals surface area contributed by atoms with Crippen LogP contribution in [-0.4, -0.2) is 82.7 Å². The number of ether oxygens (including phenoxy) is 2. The summed E-state index contributed by atoms with van der Waals surface area (Å²) in [5.74, 6) is -7.34. The Kier molecular flexibility index (Phi) is 11.3. The first-order chi connectivity index (χ1) is 20.2. The largest absolute Gasteiger partial charge is 0.488 e. The summed E-state index contributed by atoms with van der Waals surface area (Å²) < 4.78 is 91.2. The summed E-state index contributed by atoms with van der Waals surface area (Å²) in [5, 5.41) is 37.2. The predicted octanol–water partition coefficient (Wildman–Crippen LogP) is 3.91. The van der Waals surface area contributed by atoms with E-state index >= 15 is 0 Å². The van der Waals surface area contributed by atoms with Gasteiger partial charge in [0.25, 0.3) is 0 Å². The van der Waals surface area contributed by atoms with Crippen LogP contribution in [0.5, 0.6) is 11.5 Å². The van der Waals surface area contributed by atoms with Crippen molar-refractivity contribution in [3.05, 3.63) is 47.5 Å². The zero-order chi connectivity index (χ0) is 33.6. The molecule has 0 aliphatic heterocycles. The van der Waals surface area contributed by atoms with E-state index in [1.807, 2.05) is 0 Å². The second-order valence-electron chi connectivity index (χ2n) is 9.13. The van der Waals surface area contributed by atoms with E-state index < -0.39 is 97.2 Å². The van der Waals surface area contributed by atoms with Gasteiger partial charge in [0.1, 0.15) is 49.9 Å². The van der Waals surface area contributed by atoms with E-state index in [-0.39, 0.29) is 11.4 Å². The first-order valence-corrected chi connectivity index (χ1v) is 12.3. The van der Waals surface area contributed by atoms with Crippen molar-refractivity contribution in [1.29, 1.82) is 0 Å². The maximum Gasteiger partial charge on any atom is 0.416 e. The number of alkyl halides is 6. The van der Waals surface area contributed by atoms with Crippen molar-refractivity contribution in [1.82, 2.24) is 0 Å². The van der Waals surface area contributed by atoms with Crippen LogP contribution in [0.1, 0.15) is 25.0 Å². The standard InChI is InChI=1S/C26H26F6N2O10/c1-13(23(39)40)33(11-21(35)36)17-5-3-15(25(27,28)29)9-19(17)43-7-8-44-20-10-16(26(30,31)32)4-6-18(20)34(12-22(37)38)14(2)24(41)42/h3-6,9-10,13-14H,7-8,11-12H2,1-2H3,(H,35,36)(H,37,38)(H,39,40)(H,41,42). The number of carboxylic acid groups (broad SMARTS) is 4. The van der Waals surface area contributed by atoms with E-state index in [2.05, 4.69) is 0 Å². The van der Waals surface area contributed by atoms with Gasteiger partial charge in [-0.15, -0.1) is 0 Å². The van der Waals surface area contributed by atoms with E-state index in [9.17, 15) is 65.9 Å². The quantitative estimate of drug-likeness (QED) is 0.164. The molecule has 18 heteroatoms. The number of halogens is 6. The van der Waals surface area contributed by atoms with Gasteiger partial charge in [-0.1, -0.05) is 0 Å². The van der Waals surface area contributed by atoms with Gasteiger partial charge in [-0.3, -0.25) is 9.59 Å². The third kappa shape index (κ3) is 9.30. The Morgan fingerprint density at radius 1 is 0.659 bits per heavy atom. The second-order valence-corrected chi connectivity index (χ2v) is 9.13. The molecule has 0 amide bonds. The molecule has 0 saturated carbocycles. The van der Waals surface area contributed by atoms with Gasteiger partial charge in [0.2, 0.25) is 0 Å². The van der Waals surface area contributed by atoms with E-state index in [1.54, 1.807) is 0 Å². The summed E-state index contributed by atoms with van der Waals surface area (Å²) in [4.78, 5) is 47.3. The monoisotopic (exact) mass is 640 g/mol. The molecule has 0 aliphatic carbocycles. The number of anilines is 2. The van der Waals surface area contributed by atoms with Gasteiger partial charge in [-0.05, 0) is 50.2 Å². The minimum Gasteiger partial charge on any atom is -0.488 e. The van der Waals surface area contributed by atoms with Crippen LogP contribution in [0, 0.1) is 0 Å². The molecule has 0 aliphatic rings. The minimum absolute atomic E-state index is 0.363. The molecule has 0 radical (unpaired) electrons. The predicted molar refractivity (Wildman–Crippen MR) is 138 cm³/mol. The molecule has 0 bridgehead atoms. The highest BCUT2D eigenvalue weighted by molar-refractivity contribution is 5.84. The van der Waals surface area contributed by atoms with Crippen molar-refractivity contribution in [2.75, 3.05) is 36.1 Å². The fourth-order valence-corrected chi connectivity index (χ4v) is 3.81. The van der Waals surface area contributed by atoms with Crippen LogP contribution >= 0.6 is 0 Å². The number of nitrogens with zero attached hydrogens (tertiary/aromatic N) is 2. The molecule has 0 saturated heterocycles. The second kappa shape index (κ2) is 14.0. The van der Waals surface area contributed by atoms with Crippen molar-refractivity contribution in [3.8, 4) is 11.5 Å². The smallest absolute Gasteiger partial charge is 0.416 e. The van der Waals surface area contributed by atoms with Crippen molar-refractivity contribution in [2.45, 2.75) is 38.3 Å². The number of carboxylic acids is 4. The first kappa shape index (κ1) is 35.3.